The molecule has 2 aromatic heterocycles. The van der Waals surface area contributed by atoms with Crippen LogP contribution in [-0.4, -0.2) is 39.7 Å². The zero-order valence-corrected chi connectivity index (χ0v) is 23.1. The van der Waals surface area contributed by atoms with Crippen molar-refractivity contribution in [1.29, 1.82) is 0 Å². The van der Waals surface area contributed by atoms with Gasteiger partial charge in [-0.3, -0.25) is 19.0 Å². The van der Waals surface area contributed by atoms with Gasteiger partial charge in [0.25, 0.3) is 5.56 Å². The van der Waals surface area contributed by atoms with Crippen molar-refractivity contribution in [3.05, 3.63) is 74.9 Å². The number of thiophene rings is 1. The van der Waals surface area contributed by atoms with Crippen LogP contribution in [0.15, 0.2) is 58.5 Å². The summed E-state index contributed by atoms with van der Waals surface area (Å²) in [6.07, 6.45) is 0.624. The average molecular weight is 550 g/mol. The molecule has 0 aliphatic carbocycles. The van der Waals surface area contributed by atoms with Crippen LogP contribution in [0.4, 0.5) is 5.69 Å². The number of Topliss-reactive ketones (excluding diaryl/α,β-unsaturated/α-hetero) is 1. The van der Waals surface area contributed by atoms with Gasteiger partial charge in [0.2, 0.25) is 5.91 Å². The number of amides is 1. The van der Waals surface area contributed by atoms with Crippen LogP contribution in [0.2, 0.25) is 0 Å². The molecule has 1 N–H and O–H groups in total. The number of anilines is 1. The molecule has 0 bridgehead atoms. The van der Waals surface area contributed by atoms with Gasteiger partial charge in [-0.05, 0) is 74.9 Å². The van der Waals surface area contributed by atoms with E-state index in [1.54, 1.807) is 60.2 Å². The van der Waals surface area contributed by atoms with E-state index in [9.17, 15) is 14.4 Å². The third kappa shape index (κ3) is 5.24. The number of thioether (sulfide) groups is 1. The lowest BCUT2D eigenvalue weighted by Crippen LogP contribution is -2.32. The van der Waals surface area contributed by atoms with Crippen molar-refractivity contribution >= 4 is 50.7 Å². The fourth-order valence-corrected chi connectivity index (χ4v) is 6.30. The molecular weight excluding hydrogens is 522 g/mol. The second-order valence-corrected chi connectivity index (χ2v) is 11.6. The van der Waals surface area contributed by atoms with Gasteiger partial charge in [-0.2, -0.15) is 0 Å². The Kier molecular flexibility index (Phi) is 7.13. The van der Waals surface area contributed by atoms with Gasteiger partial charge in [0.15, 0.2) is 10.9 Å². The monoisotopic (exact) mass is 549 g/mol. The number of hydrogen-bond acceptors (Lipinski definition) is 8. The highest BCUT2D eigenvalue weighted by Crippen LogP contribution is 2.38. The number of hydrogen-bond donors (Lipinski definition) is 1. The van der Waals surface area contributed by atoms with E-state index in [0.717, 1.165) is 10.4 Å². The van der Waals surface area contributed by atoms with Crippen LogP contribution in [0.1, 0.15) is 41.6 Å². The first kappa shape index (κ1) is 26.1. The second-order valence-electron chi connectivity index (χ2n) is 9.61. The Bertz CT molecular complexity index is 1590. The zero-order valence-electron chi connectivity index (χ0n) is 21.5. The van der Waals surface area contributed by atoms with Crippen molar-refractivity contribution in [2.45, 2.75) is 44.6 Å². The summed E-state index contributed by atoms with van der Waals surface area (Å²) in [6, 6.07) is 13.9. The quantitative estimate of drug-likeness (QED) is 0.191. The normalized spacial score (nSPS) is 14.2. The molecule has 10 heteroatoms. The first-order valence-corrected chi connectivity index (χ1v) is 13.8. The molecule has 0 saturated carbocycles. The van der Waals surface area contributed by atoms with Crippen LogP contribution < -0.4 is 15.6 Å². The summed E-state index contributed by atoms with van der Waals surface area (Å²) < 4.78 is 12.8. The van der Waals surface area contributed by atoms with E-state index in [1.807, 2.05) is 13.8 Å². The Morgan fingerprint density at radius 2 is 1.87 bits per heavy atom. The Labute approximate surface area is 228 Å². The molecule has 0 fully saturated rings. The minimum absolute atomic E-state index is 0.0400. The van der Waals surface area contributed by atoms with Crippen molar-refractivity contribution in [2.24, 2.45) is 0 Å². The molecule has 196 valence electrons. The van der Waals surface area contributed by atoms with Gasteiger partial charge in [0, 0.05) is 22.5 Å². The molecule has 1 aliphatic heterocycles. The van der Waals surface area contributed by atoms with Crippen molar-refractivity contribution in [3.63, 3.8) is 0 Å². The maximum atomic E-state index is 14.0. The number of ketones is 1. The van der Waals surface area contributed by atoms with Crippen molar-refractivity contribution < 1.29 is 19.1 Å². The summed E-state index contributed by atoms with van der Waals surface area (Å²) in [6.45, 7) is 5.98. The fourth-order valence-electron chi connectivity index (χ4n) is 4.35. The first-order chi connectivity index (χ1) is 18.1. The predicted octanol–water partition coefficient (Wildman–Crippen LogP) is 5.24. The van der Waals surface area contributed by atoms with E-state index in [4.69, 9.17) is 14.5 Å². The summed E-state index contributed by atoms with van der Waals surface area (Å²) in [4.78, 5) is 44.8. The predicted molar refractivity (Wildman–Crippen MR) is 150 cm³/mol. The van der Waals surface area contributed by atoms with Gasteiger partial charge in [-0.15, -0.1) is 11.3 Å². The highest BCUT2D eigenvalue weighted by molar-refractivity contribution is 7.99. The molecular formula is C28H27N3O5S2. The summed E-state index contributed by atoms with van der Waals surface area (Å²) >= 11 is 2.66. The topological polar surface area (TPSA) is 99.5 Å². The molecule has 0 radical (unpaired) electrons. The summed E-state index contributed by atoms with van der Waals surface area (Å²) in [5.74, 6) is 0.430. The van der Waals surface area contributed by atoms with Gasteiger partial charge in [0.1, 0.15) is 10.6 Å². The van der Waals surface area contributed by atoms with Crippen LogP contribution in [0, 0.1) is 0 Å². The Balaban J connectivity index is 1.49. The van der Waals surface area contributed by atoms with Crippen LogP contribution >= 0.6 is 23.1 Å². The van der Waals surface area contributed by atoms with E-state index >= 15 is 0 Å². The van der Waals surface area contributed by atoms with Crippen molar-refractivity contribution in [2.75, 3.05) is 18.2 Å². The van der Waals surface area contributed by atoms with E-state index in [2.05, 4.69) is 5.32 Å². The Morgan fingerprint density at radius 1 is 1.16 bits per heavy atom. The Hall–Kier alpha value is -3.47. The van der Waals surface area contributed by atoms with Crippen molar-refractivity contribution in [1.82, 2.24) is 9.55 Å². The standard InChI is InChI=1S/C28H27N3O5S2/c1-16(32)17-5-7-18(8-6-17)29-23(33)15-37-27-30-25-24(21-13-28(2,3)36-14-22(21)38-25)26(34)31(27)19-9-11-20(35-4)12-10-19/h5-12H,13-15H2,1-4H3,(H,29,33). The molecule has 0 saturated heterocycles. The molecule has 0 unspecified atom stereocenters. The molecule has 3 heterocycles. The number of nitrogens with zero attached hydrogens (tertiary/aromatic N) is 2. The third-order valence-electron chi connectivity index (χ3n) is 6.31. The molecule has 5 rings (SSSR count). The molecule has 1 amide bonds. The van der Waals surface area contributed by atoms with Crippen LogP contribution in [0.25, 0.3) is 15.9 Å². The van der Waals surface area contributed by atoms with E-state index in [-0.39, 0.29) is 28.6 Å². The Morgan fingerprint density at radius 3 is 2.53 bits per heavy atom. The second kappa shape index (κ2) is 10.4. The lowest BCUT2D eigenvalue weighted by molar-refractivity contribution is -0.113. The molecule has 38 heavy (non-hydrogen) atoms. The van der Waals surface area contributed by atoms with Crippen LogP contribution in [-0.2, 0) is 22.6 Å². The lowest BCUT2D eigenvalue weighted by Gasteiger charge is -2.29. The maximum absolute atomic E-state index is 14.0. The lowest BCUT2D eigenvalue weighted by atomic mass is 9.94. The molecule has 2 aromatic carbocycles. The van der Waals surface area contributed by atoms with Gasteiger partial charge in [-0.25, -0.2) is 4.98 Å². The van der Waals surface area contributed by atoms with Crippen LogP contribution in [0.3, 0.4) is 0 Å². The zero-order chi connectivity index (χ0) is 27.0. The van der Waals surface area contributed by atoms with E-state index < -0.39 is 0 Å². The number of carbonyl (C=O) groups excluding carboxylic acids is 2. The van der Waals surface area contributed by atoms with E-state index in [0.29, 0.717) is 51.1 Å². The molecule has 4 aromatic rings. The number of nitrogens with one attached hydrogen (secondary N) is 1. The summed E-state index contributed by atoms with van der Waals surface area (Å²) in [7, 11) is 1.59. The van der Waals surface area contributed by atoms with Crippen molar-refractivity contribution in [3.8, 4) is 11.4 Å². The number of aromatic nitrogens is 2. The largest absolute Gasteiger partial charge is 0.497 e. The number of rotatable bonds is 7. The number of fused-ring (bicyclic) bond motifs is 3. The summed E-state index contributed by atoms with van der Waals surface area (Å²) in [5, 5.41) is 3.87. The highest BCUT2D eigenvalue weighted by Gasteiger charge is 2.31. The smallest absolute Gasteiger partial charge is 0.267 e. The number of benzene rings is 2. The number of methoxy groups -OCH3 is 1. The van der Waals surface area contributed by atoms with Gasteiger partial charge in [-0.1, -0.05) is 11.8 Å². The number of ether oxygens (including phenoxy) is 2. The first-order valence-electron chi connectivity index (χ1n) is 12.0. The van der Waals surface area contributed by atoms with Gasteiger partial charge in [0.05, 0.1) is 36.1 Å². The van der Waals surface area contributed by atoms with Crippen LogP contribution in [0.5, 0.6) is 5.75 Å². The minimum atomic E-state index is -0.369. The number of carbonyl (C=O) groups is 2. The summed E-state index contributed by atoms with van der Waals surface area (Å²) in [5.41, 5.74) is 2.25. The average Bonchev–Trinajstić information content (AvgIpc) is 3.24. The molecule has 8 nitrogen and oxygen atoms in total. The molecule has 0 atom stereocenters. The highest BCUT2D eigenvalue weighted by atomic mass is 32.2. The fraction of sp³-hybridized carbons (Fsp3) is 0.286. The molecule has 0 spiro atoms. The van der Waals surface area contributed by atoms with E-state index in [1.165, 1.54) is 30.0 Å². The third-order valence-corrected chi connectivity index (χ3v) is 8.35. The maximum Gasteiger partial charge on any atom is 0.267 e. The SMILES string of the molecule is COc1ccc(-n2c(SCC(=O)Nc3ccc(C(C)=O)cc3)nc3sc4c(c3c2=O)CC(C)(C)OC4)cc1. The minimum Gasteiger partial charge on any atom is -0.497 e. The van der Waals surface area contributed by atoms with Gasteiger partial charge >= 0.3 is 0 Å². The molecule has 1 aliphatic rings. The van der Waals surface area contributed by atoms with Gasteiger partial charge < -0.3 is 14.8 Å².